The highest BCUT2D eigenvalue weighted by Crippen LogP contribution is 2.18. The summed E-state index contributed by atoms with van der Waals surface area (Å²) in [6.07, 6.45) is 3.49. The summed E-state index contributed by atoms with van der Waals surface area (Å²) in [5, 5.41) is 0.870. The van der Waals surface area contributed by atoms with Crippen LogP contribution in [0.1, 0.15) is 27.2 Å². The molecule has 0 bridgehead atoms. The summed E-state index contributed by atoms with van der Waals surface area (Å²) in [6, 6.07) is 0. The Hall–Kier alpha value is 0.350. The summed E-state index contributed by atoms with van der Waals surface area (Å²) >= 11 is 1.98. The molecule has 50 valence electrons. The van der Waals surface area contributed by atoms with Gasteiger partial charge in [0, 0.05) is 5.25 Å². The summed E-state index contributed by atoms with van der Waals surface area (Å²) in [6.45, 7) is 6.82. The molecule has 0 heterocycles. The standard InChI is InChI=1S/C7H16S/c1-5-7(8-4)6(2)3/h6-7H,5H2,1-4H3. The van der Waals surface area contributed by atoms with Gasteiger partial charge in [-0.05, 0) is 18.6 Å². The molecule has 1 atom stereocenters. The summed E-state index contributed by atoms with van der Waals surface area (Å²) in [5.41, 5.74) is 0. The number of rotatable bonds is 3. The van der Waals surface area contributed by atoms with Crippen molar-refractivity contribution in [2.24, 2.45) is 5.92 Å². The molecular weight excluding hydrogens is 116 g/mol. The van der Waals surface area contributed by atoms with Gasteiger partial charge in [-0.2, -0.15) is 11.8 Å². The van der Waals surface area contributed by atoms with Crippen LogP contribution in [0.25, 0.3) is 0 Å². The molecule has 0 aromatic carbocycles. The molecular formula is C7H16S. The van der Waals surface area contributed by atoms with E-state index in [1.165, 1.54) is 6.42 Å². The lowest BCUT2D eigenvalue weighted by Gasteiger charge is -2.14. The molecule has 0 saturated heterocycles. The molecule has 0 saturated carbocycles. The van der Waals surface area contributed by atoms with Crippen LogP contribution in [-0.2, 0) is 0 Å². The van der Waals surface area contributed by atoms with Crippen LogP contribution in [-0.4, -0.2) is 11.5 Å². The molecule has 8 heavy (non-hydrogen) atoms. The highest BCUT2D eigenvalue weighted by molar-refractivity contribution is 7.99. The Bertz CT molecular complexity index is 46.3. The number of hydrogen-bond donors (Lipinski definition) is 0. The van der Waals surface area contributed by atoms with Crippen LogP contribution in [0.2, 0.25) is 0 Å². The van der Waals surface area contributed by atoms with Gasteiger partial charge in [0.2, 0.25) is 0 Å². The van der Waals surface area contributed by atoms with Crippen molar-refractivity contribution in [3.63, 3.8) is 0 Å². The molecule has 1 heteroatoms. The Labute approximate surface area is 57.1 Å². The maximum atomic E-state index is 2.28. The third-order valence-corrected chi connectivity index (χ3v) is 2.93. The van der Waals surface area contributed by atoms with Gasteiger partial charge in [-0.15, -0.1) is 0 Å². The maximum absolute atomic E-state index is 2.28. The average molecular weight is 132 g/mol. The minimum atomic E-state index is 0.843. The van der Waals surface area contributed by atoms with E-state index in [0.29, 0.717) is 0 Å². The molecule has 0 aromatic heterocycles. The van der Waals surface area contributed by atoms with E-state index in [1.54, 1.807) is 0 Å². The highest BCUT2D eigenvalue weighted by Gasteiger charge is 2.06. The largest absolute Gasteiger partial charge is 0.162 e. The molecule has 1 unspecified atom stereocenters. The van der Waals surface area contributed by atoms with Gasteiger partial charge >= 0.3 is 0 Å². The third kappa shape index (κ3) is 2.61. The Morgan fingerprint density at radius 2 is 1.88 bits per heavy atom. The SMILES string of the molecule is CCC(SC)C(C)C. The van der Waals surface area contributed by atoms with Crippen molar-refractivity contribution in [3.05, 3.63) is 0 Å². The molecule has 0 amide bonds. The molecule has 0 nitrogen and oxygen atoms in total. The summed E-state index contributed by atoms with van der Waals surface area (Å²) in [4.78, 5) is 0. The van der Waals surface area contributed by atoms with Crippen molar-refractivity contribution in [1.82, 2.24) is 0 Å². The first kappa shape index (κ1) is 8.35. The second-order valence-electron chi connectivity index (χ2n) is 2.43. The normalized spacial score (nSPS) is 14.6. The average Bonchev–Trinajstić information content (AvgIpc) is 1.69. The van der Waals surface area contributed by atoms with Crippen LogP contribution in [0.4, 0.5) is 0 Å². The lowest BCUT2D eigenvalue weighted by molar-refractivity contribution is 0.595. The molecule has 0 aromatic rings. The zero-order valence-corrected chi connectivity index (χ0v) is 7.09. The van der Waals surface area contributed by atoms with Gasteiger partial charge in [-0.1, -0.05) is 20.8 Å². The Kier molecular flexibility index (Phi) is 4.44. The Morgan fingerprint density at radius 1 is 1.38 bits per heavy atom. The van der Waals surface area contributed by atoms with Crippen molar-refractivity contribution in [1.29, 1.82) is 0 Å². The highest BCUT2D eigenvalue weighted by atomic mass is 32.2. The number of thioether (sulfide) groups is 1. The van der Waals surface area contributed by atoms with Gasteiger partial charge in [0.05, 0.1) is 0 Å². The third-order valence-electron chi connectivity index (χ3n) is 1.45. The lowest BCUT2D eigenvalue weighted by atomic mass is 10.1. The van der Waals surface area contributed by atoms with Crippen molar-refractivity contribution in [2.75, 3.05) is 6.26 Å². The predicted molar refractivity (Wildman–Crippen MR) is 42.4 cm³/mol. The van der Waals surface area contributed by atoms with Crippen LogP contribution in [0.3, 0.4) is 0 Å². The zero-order valence-electron chi connectivity index (χ0n) is 6.27. The summed E-state index contributed by atoms with van der Waals surface area (Å²) < 4.78 is 0. The van der Waals surface area contributed by atoms with E-state index in [1.807, 2.05) is 11.8 Å². The fourth-order valence-corrected chi connectivity index (χ4v) is 1.79. The van der Waals surface area contributed by atoms with E-state index in [2.05, 4.69) is 27.0 Å². The lowest BCUT2D eigenvalue weighted by Crippen LogP contribution is -2.08. The van der Waals surface area contributed by atoms with Crippen LogP contribution < -0.4 is 0 Å². The van der Waals surface area contributed by atoms with Crippen molar-refractivity contribution < 1.29 is 0 Å². The molecule has 0 N–H and O–H groups in total. The van der Waals surface area contributed by atoms with Crippen LogP contribution >= 0.6 is 11.8 Å². The molecule has 0 aliphatic rings. The van der Waals surface area contributed by atoms with Gasteiger partial charge in [-0.3, -0.25) is 0 Å². The number of hydrogen-bond acceptors (Lipinski definition) is 1. The molecule has 0 radical (unpaired) electrons. The van der Waals surface area contributed by atoms with E-state index in [-0.39, 0.29) is 0 Å². The zero-order chi connectivity index (χ0) is 6.57. The van der Waals surface area contributed by atoms with Crippen LogP contribution in [0, 0.1) is 5.92 Å². The molecule has 0 aliphatic carbocycles. The quantitative estimate of drug-likeness (QED) is 0.569. The fourth-order valence-electron chi connectivity index (χ4n) is 0.910. The van der Waals surface area contributed by atoms with Gasteiger partial charge in [0.1, 0.15) is 0 Å². The van der Waals surface area contributed by atoms with Crippen LogP contribution in [0.5, 0.6) is 0 Å². The molecule has 0 spiro atoms. The van der Waals surface area contributed by atoms with E-state index >= 15 is 0 Å². The predicted octanol–water partition coefficient (Wildman–Crippen LogP) is 2.78. The maximum Gasteiger partial charge on any atom is 0.00646 e. The van der Waals surface area contributed by atoms with E-state index in [4.69, 9.17) is 0 Å². The second-order valence-corrected chi connectivity index (χ2v) is 3.50. The van der Waals surface area contributed by atoms with Gasteiger partial charge < -0.3 is 0 Å². The molecule has 0 fully saturated rings. The van der Waals surface area contributed by atoms with E-state index < -0.39 is 0 Å². The smallest absolute Gasteiger partial charge is 0.00646 e. The Morgan fingerprint density at radius 3 is 1.88 bits per heavy atom. The van der Waals surface area contributed by atoms with E-state index in [0.717, 1.165) is 11.2 Å². The second kappa shape index (κ2) is 4.25. The minimum Gasteiger partial charge on any atom is -0.162 e. The first-order chi connectivity index (χ1) is 3.72. The van der Waals surface area contributed by atoms with Gasteiger partial charge in [-0.25, -0.2) is 0 Å². The van der Waals surface area contributed by atoms with Gasteiger partial charge in [0.15, 0.2) is 0 Å². The minimum absolute atomic E-state index is 0.843. The Balaban J connectivity index is 3.35. The van der Waals surface area contributed by atoms with Crippen molar-refractivity contribution in [3.8, 4) is 0 Å². The topological polar surface area (TPSA) is 0 Å². The first-order valence-corrected chi connectivity index (χ1v) is 4.54. The molecule has 0 aliphatic heterocycles. The summed E-state index contributed by atoms with van der Waals surface area (Å²) in [5.74, 6) is 0.843. The fraction of sp³-hybridized carbons (Fsp3) is 1.00. The van der Waals surface area contributed by atoms with Crippen molar-refractivity contribution >= 4 is 11.8 Å². The van der Waals surface area contributed by atoms with Crippen LogP contribution in [0.15, 0.2) is 0 Å². The molecule has 0 rings (SSSR count). The first-order valence-electron chi connectivity index (χ1n) is 3.25. The monoisotopic (exact) mass is 132 g/mol. The van der Waals surface area contributed by atoms with Gasteiger partial charge in [0.25, 0.3) is 0 Å². The van der Waals surface area contributed by atoms with Crippen molar-refractivity contribution in [2.45, 2.75) is 32.4 Å². The summed E-state index contributed by atoms with van der Waals surface area (Å²) in [7, 11) is 0. The van der Waals surface area contributed by atoms with E-state index in [9.17, 15) is 0 Å².